The Morgan fingerprint density at radius 1 is 1.54 bits per heavy atom. The van der Waals surface area contributed by atoms with Crippen LogP contribution in [-0.4, -0.2) is 4.98 Å². The van der Waals surface area contributed by atoms with Crippen LogP contribution in [0.25, 0.3) is 0 Å². The zero-order valence-corrected chi connectivity index (χ0v) is 9.65. The van der Waals surface area contributed by atoms with E-state index < -0.39 is 5.95 Å². The molecule has 0 aromatic carbocycles. The molecule has 0 spiro atoms. The lowest BCUT2D eigenvalue weighted by atomic mass is 10.2. The molecule has 0 saturated heterocycles. The number of aryl methyl sites for hydroxylation is 1. The lowest BCUT2D eigenvalue weighted by Crippen LogP contribution is -1.99. The molecule has 0 amide bonds. The maximum Gasteiger partial charge on any atom is 0.237 e. The van der Waals surface area contributed by atoms with Crippen LogP contribution in [0.15, 0.2) is 10.7 Å². The number of anilines is 1. The summed E-state index contributed by atoms with van der Waals surface area (Å²) in [5.41, 5.74) is 6.33. The molecule has 0 aliphatic rings. The molecule has 0 aliphatic heterocycles. The Morgan fingerprint density at radius 3 is 2.54 bits per heavy atom. The van der Waals surface area contributed by atoms with Crippen molar-refractivity contribution in [1.29, 1.82) is 0 Å². The van der Waals surface area contributed by atoms with E-state index in [-0.39, 0.29) is 5.69 Å². The Hall–Kier alpha value is -0.640. The highest BCUT2D eigenvalue weighted by atomic mass is 79.9. The minimum atomic E-state index is -0.601. The molecule has 1 heterocycles. The molecule has 74 valence electrons. The molecule has 1 aromatic rings. The van der Waals surface area contributed by atoms with Gasteiger partial charge in [0.2, 0.25) is 5.95 Å². The summed E-state index contributed by atoms with van der Waals surface area (Å²) in [5, 5.41) is 0. The van der Waals surface area contributed by atoms with Crippen LogP contribution in [0, 0.1) is 5.95 Å². The second kappa shape index (κ2) is 5.91. The maximum absolute atomic E-state index is 12.8. The second-order valence-electron chi connectivity index (χ2n) is 2.16. The lowest BCUT2D eigenvalue weighted by Gasteiger charge is -2.02. The average molecular weight is 249 g/mol. The summed E-state index contributed by atoms with van der Waals surface area (Å²) in [6, 6.07) is 1.72. The monoisotopic (exact) mass is 248 g/mol. The van der Waals surface area contributed by atoms with Gasteiger partial charge in [0.25, 0.3) is 0 Å². The molecule has 1 aromatic heterocycles. The van der Waals surface area contributed by atoms with E-state index in [0.717, 1.165) is 5.56 Å². The molecule has 1 rings (SSSR count). The second-order valence-corrected chi connectivity index (χ2v) is 2.97. The van der Waals surface area contributed by atoms with E-state index in [1.54, 1.807) is 6.07 Å². The highest BCUT2D eigenvalue weighted by molar-refractivity contribution is 9.10. The maximum atomic E-state index is 12.8. The van der Waals surface area contributed by atoms with Crippen molar-refractivity contribution in [1.82, 2.24) is 4.98 Å². The molecule has 0 aliphatic carbocycles. The number of pyridine rings is 1. The molecule has 4 heteroatoms. The number of hydrogen-bond donors (Lipinski definition) is 1. The molecular weight excluding hydrogens is 235 g/mol. The molecule has 0 unspecified atom stereocenters. The smallest absolute Gasteiger partial charge is 0.237 e. The Labute approximate surface area is 86.5 Å². The predicted octanol–water partition coefficient (Wildman–Crippen LogP) is 3.15. The van der Waals surface area contributed by atoms with Crippen LogP contribution in [0.3, 0.4) is 0 Å². The van der Waals surface area contributed by atoms with Crippen molar-refractivity contribution < 1.29 is 4.39 Å². The summed E-state index contributed by atoms with van der Waals surface area (Å²) in [7, 11) is 0. The largest absolute Gasteiger partial charge is 0.395 e. The number of halogens is 2. The predicted molar refractivity (Wildman–Crippen MR) is 57.0 cm³/mol. The fraction of sp³-hybridized carbons (Fsp3) is 0.444. The first kappa shape index (κ1) is 12.4. The summed E-state index contributed by atoms with van der Waals surface area (Å²) in [6.07, 6.45) is 0.712. The third kappa shape index (κ3) is 3.30. The molecule has 0 bridgehead atoms. The van der Waals surface area contributed by atoms with E-state index >= 15 is 0 Å². The van der Waals surface area contributed by atoms with Crippen molar-refractivity contribution in [3.8, 4) is 0 Å². The molecule has 13 heavy (non-hydrogen) atoms. The van der Waals surface area contributed by atoms with E-state index in [1.807, 2.05) is 20.8 Å². The lowest BCUT2D eigenvalue weighted by molar-refractivity contribution is 0.584. The molecule has 0 radical (unpaired) electrons. The molecule has 2 N–H and O–H groups in total. The van der Waals surface area contributed by atoms with Crippen LogP contribution in [0.5, 0.6) is 0 Å². The van der Waals surface area contributed by atoms with E-state index in [9.17, 15) is 4.39 Å². The highest BCUT2D eigenvalue weighted by Crippen LogP contribution is 2.19. The van der Waals surface area contributed by atoms with Crippen LogP contribution in [0.1, 0.15) is 26.3 Å². The van der Waals surface area contributed by atoms with Crippen molar-refractivity contribution >= 4 is 21.6 Å². The van der Waals surface area contributed by atoms with E-state index in [4.69, 9.17) is 5.73 Å². The van der Waals surface area contributed by atoms with Gasteiger partial charge in [0.1, 0.15) is 4.60 Å². The number of rotatable bonds is 1. The third-order valence-corrected chi connectivity index (χ3v) is 1.85. The molecule has 0 fully saturated rings. The molecule has 0 atom stereocenters. The normalized spacial score (nSPS) is 9.00. The zero-order chi connectivity index (χ0) is 10.4. The van der Waals surface area contributed by atoms with Crippen LogP contribution in [-0.2, 0) is 6.42 Å². The number of nitrogen functional groups attached to an aromatic ring is 1. The van der Waals surface area contributed by atoms with Gasteiger partial charge >= 0.3 is 0 Å². The first-order chi connectivity index (χ1) is 6.15. The fourth-order valence-electron chi connectivity index (χ4n) is 0.833. The van der Waals surface area contributed by atoms with Gasteiger partial charge in [-0.1, -0.05) is 20.8 Å². The summed E-state index contributed by atoms with van der Waals surface area (Å²) in [6.45, 7) is 5.91. The van der Waals surface area contributed by atoms with E-state index in [1.165, 1.54) is 0 Å². The molecule has 2 nitrogen and oxygen atoms in total. The van der Waals surface area contributed by atoms with Crippen LogP contribution in [0.4, 0.5) is 10.1 Å². The van der Waals surface area contributed by atoms with Crippen molar-refractivity contribution in [2.75, 3.05) is 5.73 Å². The topological polar surface area (TPSA) is 38.9 Å². The van der Waals surface area contributed by atoms with Gasteiger partial charge < -0.3 is 5.73 Å². The van der Waals surface area contributed by atoms with Crippen molar-refractivity contribution in [2.45, 2.75) is 27.2 Å². The standard InChI is InChI=1S/C7H8BrFN2.C2H6/c1-2-4-3-5(8)11-7(9)6(4)10;1-2/h3H,2,10H2,1H3;1-2H3. The number of hydrogen-bond acceptors (Lipinski definition) is 2. The SMILES string of the molecule is CC.CCc1cc(Br)nc(F)c1N. The van der Waals surface area contributed by atoms with Gasteiger partial charge in [0.15, 0.2) is 0 Å². The van der Waals surface area contributed by atoms with Crippen molar-refractivity contribution in [3.63, 3.8) is 0 Å². The number of nitrogens with two attached hydrogens (primary N) is 1. The first-order valence-corrected chi connectivity index (χ1v) is 5.04. The van der Waals surface area contributed by atoms with Crippen LogP contribution in [0.2, 0.25) is 0 Å². The van der Waals surface area contributed by atoms with Gasteiger partial charge in [-0.15, -0.1) is 0 Å². The molecule has 0 saturated carbocycles. The Morgan fingerprint density at radius 2 is 2.08 bits per heavy atom. The minimum Gasteiger partial charge on any atom is -0.395 e. The highest BCUT2D eigenvalue weighted by Gasteiger charge is 2.05. The summed E-state index contributed by atoms with van der Waals surface area (Å²) in [5.74, 6) is -0.601. The van der Waals surface area contributed by atoms with Gasteiger partial charge in [-0.25, -0.2) is 4.98 Å². The fourth-order valence-corrected chi connectivity index (χ4v) is 1.26. The number of nitrogens with zero attached hydrogens (tertiary/aromatic N) is 1. The zero-order valence-electron chi connectivity index (χ0n) is 8.06. The minimum absolute atomic E-state index is 0.149. The van der Waals surface area contributed by atoms with Crippen molar-refractivity contribution in [2.24, 2.45) is 0 Å². The van der Waals surface area contributed by atoms with Gasteiger partial charge in [0, 0.05) is 0 Å². The Balaban J connectivity index is 0.000000671. The average Bonchev–Trinajstić information content (AvgIpc) is 2.14. The Bertz CT molecular complexity index is 277. The van der Waals surface area contributed by atoms with Gasteiger partial charge in [-0.3, -0.25) is 0 Å². The summed E-state index contributed by atoms with van der Waals surface area (Å²) in [4.78, 5) is 3.51. The van der Waals surface area contributed by atoms with Crippen molar-refractivity contribution in [3.05, 3.63) is 22.2 Å². The van der Waals surface area contributed by atoms with E-state index in [0.29, 0.717) is 11.0 Å². The summed E-state index contributed by atoms with van der Waals surface area (Å²) < 4.78 is 13.2. The van der Waals surface area contributed by atoms with Gasteiger partial charge in [-0.05, 0) is 34.0 Å². The first-order valence-electron chi connectivity index (χ1n) is 4.25. The van der Waals surface area contributed by atoms with Gasteiger partial charge in [0.05, 0.1) is 5.69 Å². The quantitative estimate of drug-likeness (QED) is 0.776. The third-order valence-electron chi connectivity index (χ3n) is 1.45. The molecular formula is C9H14BrFN2. The summed E-state index contributed by atoms with van der Waals surface area (Å²) >= 11 is 3.08. The van der Waals surface area contributed by atoms with Crippen LogP contribution < -0.4 is 5.73 Å². The van der Waals surface area contributed by atoms with E-state index in [2.05, 4.69) is 20.9 Å². The Kier molecular flexibility index (Phi) is 5.62. The van der Waals surface area contributed by atoms with Gasteiger partial charge in [-0.2, -0.15) is 4.39 Å². The number of aromatic nitrogens is 1. The van der Waals surface area contributed by atoms with Crippen LogP contribution >= 0.6 is 15.9 Å².